The van der Waals surface area contributed by atoms with Crippen molar-refractivity contribution in [3.8, 4) is 0 Å². The highest BCUT2D eigenvalue weighted by Crippen LogP contribution is 2.20. The number of carbonyl (C=O) groups excluding carboxylic acids is 2. The molecular formula is C20H23ClN4O3S. The molecule has 0 saturated carbocycles. The van der Waals surface area contributed by atoms with E-state index in [0.29, 0.717) is 18.1 Å². The summed E-state index contributed by atoms with van der Waals surface area (Å²) in [5.74, 6) is 0.878. The van der Waals surface area contributed by atoms with Gasteiger partial charge in [0.2, 0.25) is 11.8 Å². The van der Waals surface area contributed by atoms with E-state index < -0.39 is 0 Å². The quantitative estimate of drug-likeness (QED) is 0.502. The largest absolute Gasteiger partial charge is 0.360 e. The Labute approximate surface area is 179 Å². The van der Waals surface area contributed by atoms with Gasteiger partial charge in [0.15, 0.2) is 5.82 Å². The second kappa shape index (κ2) is 10.8. The number of rotatable bonds is 8. The summed E-state index contributed by atoms with van der Waals surface area (Å²) in [6.45, 7) is 2.03. The minimum Gasteiger partial charge on any atom is -0.360 e. The van der Waals surface area contributed by atoms with Gasteiger partial charge in [-0.25, -0.2) is 0 Å². The number of carbonyl (C=O) groups is 2. The van der Waals surface area contributed by atoms with Gasteiger partial charge in [0.25, 0.3) is 0 Å². The Kier molecular flexibility index (Phi) is 8.50. The summed E-state index contributed by atoms with van der Waals surface area (Å²) in [5, 5.41) is 11.5. The van der Waals surface area contributed by atoms with Crippen molar-refractivity contribution in [3.05, 3.63) is 59.9 Å². The number of amides is 2. The molecule has 1 unspecified atom stereocenters. The van der Waals surface area contributed by atoms with E-state index in [2.05, 4.69) is 15.8 Å². The van der Waals surface area contributed by atoms with Crippen LogP contribution in [0.2, 0.25) is 0 Å². The van der Waals surface area contributed by atoms with E-state index in [4.69, 9.17) is 10.3 Å². The maximum Gasteiger partial charge on any atom is 0.235 e. The molecule has 0 aliphatic heterocycles. The highest BCUT2D eigenvalue weighted by atomic mass is 35.5. The minimum atomic E-state index is -0.273. The van der Waals surface area contributed by atoms with Crippen molar-refractivity contribution in [2.75, 3.05) is 23.4 Å². The van der Waals surface area contributed by atoms with Gasteiger partial charge in [-0.15, -0.1) is 24.2 Å². The zero-order valence-corrected chi connectivity index (χ0v) is 17.5. The molecule has 0 radical (unpaired) electrons. The molecule has 2 aromatic carbocycles. The Hall–Kier alpha value is -2.55. The number of hydrogen-bond donors (Lipinski definition) is 3. The standard InChI is InChI=1S/C20H22N4O3S.ClH/c1-13-8-18(24-27-13)23-20(26)12-28-11-19(25)22-17(10-21)16-7-6-14-4-2-3-5-15(14)9-16;/h2-9,17H,10-12,21H2,1H3,(H,22,25)(H,23,24,26);1H. The highest BCUT2D eigenvalue weighted by molar-refractivity contribution is 8.00. The van der Waals surface area contributed by atoms with E-state index in [9.17, 15) is 9.59 Å². The zero-order valence-electron chi connectivity index (χ0n) is 15.9. The number of thioether (sulfide) groups is 1. The predicted octanol–water partition coefficient (Wildman–Crippen LogP) is 3.05. The van der Waals surface area contributed by atoms with E-state index >= 15 is 0 Å². The van der Waals surface area contributed by atoms with Gasteiger partial charge >= 0.3 is 0 Å². The van der Waals surface area contributed by atoms with Gasteiger partial charge in [0.05, 0.1) is 17.5 Å². The number of nitrogens with zero attached hydrogens (tertiary/aromatic N) is 1. The average Bonchev–Trinajstić information content (AvgIpc) is 3.10. The number of aromatic nitrogens is 1. The summed E-state index contributed by atoms with van der Waals surface area (Å²) in [4.78, 5) is 24.1. The molecule has 7 nitrogen and oxygen atoms in total. The third kappa shape index (κ3) is 6.49. The van der Waals surface area contributed by atoms with Crippen LogP contribution in [-0.4, -0.2) is 35.0 Å². The van der Waals surface area contributed by atoms with Crippen LogP contribution in [0.4, 0.5) is 5.82 Å². The number of aryl methyl sites for hydroxylation is 1. The summed E-state index contributed by atoms with van der Waals surface area (Å²) in [6.07, 6.45) is 0. The fraction of sp³-hybridized carbons (Fsp3) is 0.250. The Bertz CT molecular complexity index is 979. The molecule has 1 heterocycles. The van der Waals surface area contributed by atoms with Crippen LogP contribution in [0.1, 0.15) is 17.4 Å². The molecule has 0 bridgehead atoms. The third-order valence-electron chi connectivity index (χ3n) is 4.11. The number of halogens is 1. The van der Waals surface area contributed by atoms with Crippen molar-refractivity contribution in [3.63, 3.8) is 0 Å². The smallest absolute Gasteiger partial charge is 0.235 e. The SMILES string of the molecule is Cc1cc(NC(=O)CSCC(=O)NC(CN)c2ccc3ccccc3c2)no1.Cl. The molecule has 1 atom stereocenters. The summed E-state index contributed by atoms with van der Waals surface area (Å²) >= 11 is 1.22. The molecule has 0 aliphatic carbocycles. The molecule has 9 heteroatoms. The topological polar surface area (TPSA) is 110 Å². The van der Waals surface area contributed by atoms with E-state index in [-0.39, 0.29) is 41.8 Å². The Balaban J connectivity index is 0.00000300. The van der Waals surface area contributed by atoms with Crippen LogP contribution in [0.5, 0.6) is 0 Å². The van der Waals surface area contributed by atoms with Crippen molar-refractivity contribution in [2.45, 2.75) is 13.0 Å². The molecule has 154 valence electrons. The van der Waals surface area contributed by atoms with Crippen LogP contribution in [0.3, 0.4) is 0 Å². The van der Waals surface area contributed by atoms with Gasteiger partial charge in [0.1, 0.15) is 5.76 Å². The highest BCUT2D eigenvalue weighted by Gasteiger charge is 2.14. The van der Waals surface area contributed by atoms with Gasteiger partial charge in [-0.3, -0.25) is 9.59 Å². The summed E-state index contributed by atoms with van der Waals surface area (Å²) in [6, 6.07) is 15.4. The maximum absolute atomic E-state index is 12.2. The zero-order chi connectivity index (χ0) is 19.9. The summed E-state index contributed by atoms with van der Waals surface area (Å²) in [5.41, 5.74) is 6.82. The van der Waals surface area contributed by atoms with Crippen LogP contribution in [0.25, 0.3) is 10.8 Å². The van der Waals surface area contributed by atoms with Crippen molar-refractivity contribution in [2.24, 2.45) is 5.73 Å². The van der Waals surface area contributed by atoms with Gasteiger partial charge in [-0.05, 0) is 29.3 Å². The normalized spacial score (nSPS) is 11.5. The maximum atomic E-state index is 12.2. The first-order chi connectivity index (χ1) is 13.5. The lowest BCUT2D eigenvalue weighted by atomic mass is 10.0. The molecule has 0 saturated heterocycles. The van der Waals surface area contributed by atoms with Gasteiger partial charge < -0.3 is 20.9 Å². The first-order valence-corrected chi connectivity index (χ1v) is 9.99. The number of nitrogens with one attached hydrogen (secondary N) is 2. The van der Waals surface area contributed by atoms with Gasteiger partial charge in [0, 0.05) is 12.6 Å². The first kappa shape index (κ1) is 22.7. The Morgan fingerprint density at radius 2 is 1.83 bits per heavy atom. The lowest BCUT2D eigenvalue weighted by molar-refractivity contribution is -0.119. The first-order valence-electron chi connectivity index (χ1n) is 8.84. The fourth-order valence-corrected chi connectivity index (χ4v) is 3.41. The Morgan fingerprint density at radius 3 is 2.52 bits per heavy atom. The number of benzene rings is 2. The number of anilines is 1. The van der Waals surface area contributed by atoms with Crippen LogP contribution in [0.15, 0.2) is 53.1 Å². The number of nitrogens with two attached hydrogens (primary N) is 1. The van der Waals surface area contributed by atoms with Crippen molar-refractivity contribution < 1.29 is 14.1 Å². The monoisotopic (exact) mass is 434 g/mol. The lowest BCUT2D eigenvalue weighted by Gasteiger charge is -2.18. The molecule has 3 rings (SSSR count). The molecule has 2 amide bonds. The minimum absolute atomic E-state index is 0. The molecule has 0 fully saturated rings. The molecule has 0 spiro atoms. The fourth-order valence-electron chi connectivity index (χ4n) is 2.78. The predicted molar refractivity (Wildman–Crippen MR) is 118 cm³/mol. The molecule has 4 N–H and O–H groups in total. The summed E-state index contributed by atoms with van der Waals surface area (Å²) in [7, 11) is 0. The molecule has 1 aromatic heterocycles. The van der Waals surface area contributed by atoms with Gasteiger partial charge in [-0.2, -0.15) is 0 Å². The van der Waals surface area contributed by atoms with E-state index in [1.54, 1.807) is 13.0 Å². The number of fused-ring (bicyclic) bond motifs is 1. The van der Waals surface area contributed by atoms with E-state index in [1.165, 1.54) is 11.8 Å². The average molecular weight is 435 g/mol. The molecule has 0 aliphatic rings. The van der Waals surface area contributed by atoms with Crippen LogP contribution < -0.4 is 16.4 Å². The van der Waals surface area contributed by atoms with E-state index in [1.807, 2.05) is 42.5 Å². The lowest BCUT2D eigenvalue weighted by Crippen LogP contribution is -2.34. The molecule has 3 aromatic rings. The Morgan fingerprint density at radius 1 is 1.10 bits per heavy atom. The van der Waals surface area contributed by atoms with Crippen LogP contribution in [-0.2, 0) is 9.59 Å². The van der Waals surface area contributed by atoms with E-state index in [0.717, 1.165) is 16.3 Å². The third-order valence-corrected chi connectivity index (χ3v) is 5.04. The van der Waals surface area contributed by atoms with Crippen molar-refractivity contribution >= 4 is 52.6 Å². The van der Waals surface area contributed by atoms with Gasteiger partial charge in [-0.1, -0.05) is 41.6 Å². The number of hydrogen-bond acceptors (Lipinski definition) is 6. The summed E-state index contributed by atoms with van der Waals surface area (Å²) < 4.78 is 4.89. The van der Waals surface area contributed by atoms with Crippen molar-refractivity contribution in [1.29, 1.82) is 0 Å². The van der Waals surface area contributed by atoms with Crippen LogP contribution >= 0.6 is 24.2 Å². The molecular weight excluding hydrogens is 412 g/mol. The van der Waals surface area contributed by atoms with Crippen LogP contribution in [0, 0.1) is 6.92 Å². The van der Waals surface area contributed by atoms with Crippen molar-refractivity contribution in [1.82, 2.24) is 10.5 Å². The molecule has 29 heavy (non-hydrogen) atoms. The second-order valence-electron chi connectivity index (χ2n) is 6.33. The second-order valence-corrected chi connectivity index (χ2v) is 7.31.